The molecule has 0 aliphatic carbocycles. The third kappa shape index (κ3) is 6.50. The van der Waals surface area contributed by atoms with Gasteiger partial charge in [0.2, 0.25) is 5.91 Å². The van der Waals surface area contributed by atoms with Gasteiger partial charge in [0.1, 0.15) is 5.82 Å². The lowest BCUT2D eigenvalue weighted by Crippen LogP contribution is -2.27. The van der Waals surface area contributed by atoms with E-state index in [2.05, 4.69) is 25.5 Å². The predicted octanol–water partition coefficient (Wildman–Crippen LogP) is 4.16. The highest BCUT2D eigenvalue weighted by Gasteiger charge is 2.30. The first-order valence-electron chi connectivity index (χ1n) is 13.4. The van der Waals surface area contributed by atoms with Gasteiger partial charge in [-0.1, -0.05) is 12.1 Å². The number of benzene rings is 1. The molecule has 1 aliphatic rings. The van der Waals surface area contributed by atoms with Crippen LogP contribution in [0.5, 0.6) is 11.6 Å². The van der Waals surface area contributed by atoms with Crippen molar-refractivity contribution in [3.05, 3.63) is 60.4 Å². The molecule has 12 nitrogen and oxygen atoms in total. The number of pyridine rings is 1. The molecule has 1 fully saturated rings. The first-order valence-corrected chi connectivity index (χ1v) is 13.4. The molecule has 2 unspecified atom stereocenters. The number of carbonyl (C=O) groups excluding carboxylic acids is 1. The molecule has 4 heterocycles. The van der Waals surface area contributed by atoms with Crippen LogP contribution in [0.25, 0.3) is 5.65 Å². The number of anilines is 4. The molecule has 1 aromatic carbocycles. The number of rotatable bonds is 9. The summed E-state index contributed by atoms with van der Waals surface area (Å²) in [4.78, 5) is 24.1. The highest BCUT2D eigenvalue weighted by molar-refractivity contribution is 5.93. The third-order valence-corrected chi connectivity index (χ3v) is 6.66. The van der Waals surface area contributed by atoms with Crippen LogP contribution in [-0.4, -0.2) is 63.5 Å². The number of nitrogens with zero attached hydrogens (tertiary/aromatic N) is 5. The van der Waals surface area contributed by atoms with Gasteiger partial charge in [-0.3, -0.25) is 4.79 Å². The van der Waals surface area contributed by atoms with Crippen LogP contribution in [0.3, 0.4) is 0 Å². The molecule has 3 N–H and O–H groups in total. The normalized spacial score (nSPS) is 16.0. The number of aromatic nitrogens is 4. The van der Waals surface area contributed by atoms with E-state index < -0.39 is 11.9 Å². The summed E-state index contributed by atoms with van der Waals surface area (Å²) in [6.07, 6.45) is 3.11. The molecule has 2 atom stereocenters. The van der Waals surface area contributed by atoms with Crippen molar-refractivity contribution < 1.29 is 24.1 Å². The molecule has 3 aromatic heterocycles. The second-order valence-electron chi connectivity index (χ2n) is 10.8. The van der Waals surface area contributed by atoms with Gasteiger partial charge in [-0.25, -0.2) is 9.50 Å². The van der Waals surface area contributed by atoms with E-state index in [9.17, 15) is 9.90 Å². The molecule has 4 aromatic rings. The van der Waals surface area contributed by atoms with Gasteiger partial charge in [0, 0.05) is 42.8 Å². The molecule has 41 heavy (non-hydrogen) atoms. The molecule has 1 aliphatic heterocycles. The monoisotopic (exact) mass is 561 g/mol. The Bertz CT molecular complexity index is 1520. The van der Waals surface area contributed by atoms with E-state index in [0.717, 1.165) is 0 Å². The molecule has 216 valence electrons. The number of aliphatic hydroxyl groups is 1. The number of amides is 1. The molecule has 0 bridgehead atoms. The highest BCUT2D eigenvalue weighted by Crippen LogP contribution is 2.31. The Hall–Kier alpha value is -4.42. The summed E-state index contributed by atoms with van der Waals surface area (Å²) < 4.78 is 17.9. The SMILES string of the molecule is COc1ccc(Nc2cc(N3CCC(C(=O)Nc4ccc(C(O)OC(C)(C)C)cc4)C3)nn3ccnc23)nc1OC. The van der Waals surface area contributed by atoms with Gasteiger partial charge in [0.15, 0.2) is 23.5 Å². The van der Waals surface area contributed by atoms with E-state index >= 15 is 0 Å². The van der Waals surface area contributed by atoms with Gasteiger partial charge < -0.3 is 34.9 Å². The fourth-order valence-corrected chi connectivity index (χ4v) is 4.65. The molecule has 5 rings (SSSR count). The number of hydrogen-bond donors (Lipinski definition) is 3. The molecule has 0 spiro atoms. The summed E-state index contributed by atoms with van der Waals surface area (Å²) in [5, 5.41) is 21.3. The molecule has 0 saturated carbocycles. The minimum atomic E-state index is -1.04. The second-order valence-corrected chi connectivity index (χ2v) is 10.8. The van der Waals surface area contributed by atoms with Crippen molar-refractivity contribution in [3.8, 4) is 11.6 Å². The van der Waals surface area contributed by atoms with Crippen molar-refractivity contribution >= 4 is 34.6 Å². The van der Waals surface area contributed by atoms with Crippen LogP contribution in [0.2, 0.25) is 0 Å². The zero-order chi connectivity index (χ0) is 29.1. The molecular weight excluding hydrogens is 526 g/mol. The molecule has 1 saturated heterocycles. The second kappa shape index (κ2) is 11.6. The molecule has 1 amide bonds. The minimum Gasteiger partial charge on any atom is -0.491 e. The Kier molecular flexibility index (Phi) is 7.95. The number of methoxy groups -OCH3 is 2. The number of nitrogens with one attached hydrogen (secondary N) is 2. The van der Waals surface area contributed by atoms with Gasteiger partial charge in [0.05, 0.1) is 31.4 Å². The number of hydrogen-bond acceptors (Lipinski definition) is 10. The van der Waals surface area contributed by atoms with Crippen LogP contribution < -0.4 is 25.0 Å². The lowest BCUT2D eigenvalue weighted by molar-refractivity contribution is -0.169. The van der Waals surface area contributed by atoms with Crippen molar-refractivity contribution in [1.29, 1.82) is 0 Å². The van der Waals surface area contributed by atoms with Crippen LogP contribution in [0.15, 0.2) is 54.9 Å². The van der Waals surface area contributed by atoms with Crippen LogP contribution in [0, 0.1) is 5.92 Å². The fourth-order valence-electron chi connectivity index (χ4n) is 4.65. The van der Waals surface area contributed by atoms with Crippen molar-refractivity contribution in [1.82, 2.24) is 19.6 Å². The van der Waals surface area contributed by atoms with Gasteiger partial charge in [-0.15, -0.1) is 5.10 Å². The topological polar surface area (TPSA) is 135 Å². The third-order valence-electron chi connectivity index (χ3n) is 6.66. The Morgan fingerprint density at radius 2 is 1.90 bits per heavy atom. The lowest BCUT2D eigenvalue weighted by Gasteiger charge is -2.24. The lowest BCUT2D eigenvalue weighted by atomic mass is 10.1. The Labute approximate surface area is 238 Å². The summed E-state index contributed by atoms with van der Waals surface area (Å²) in [6.45, 7) is 6.83. The summed E-state index contributed by atoms with van der Waals surface area (Å²) in [7, 11) is 3.10. The van der Waals surface area contributed by atoms with Crippen molar-refractivity contribution in [2.45, 2.75) is 39.1 Å². The fraction of sp³-hybridized carbons (Fsp3) is 0.379. The van der Waals surface area contributed by atoms with Crippen molar-refractivity contribution in [2.24, 2.45) is 5.92 Å². The van der Waals surface area contributed by atoms with Gasteiger partial charge in [-0.05, 0) is 51.5 Å². The molecule has 12 heteroatoms. The van der Waals surface area contributed by atoms with E-state index in [1.54, 1.807) is 60.4 Å². The Balaban J connectivity index is 1.26. The maximum absolute atomic E-state index is 13.1. The average Bonchev–Trinajstić information content (AvgIpc) is 3.63. The van der Waals surface area contributed by atoms with E-state index in [4.69, 9.17) is 19.3 Å². The van der Waals surface area contributed by atoms with Crippen LogP contribution >= 0.6 is 0 Å². The quantitative estimate of drug-likeness (QED) is 0.256. The zero-order valence-electron chi connectivity index (χ0n) is 23.8. The summed E-state index contributed by atoms with van der Waals surface area (Å²) >= 11 is 0. The maximum atomic E-state index is 13.1. The minimum absolute atomic E-state index is 0.0664. The maximum Gasteiger partial charge on any atom is 0.258 e. The first-order chi connectivity index (χ1) is 19.6. The van der Waals surface area contributed by atoms with Crippen LogP contribution in [-0.2, 0) is 9.53 Å². The van der Waals surface area contributed by atoms with E-state index in [1.807, 2.05) is 26.8 Å². The van der Waals surface area contributed by atoms with Crippen molar-refractivity contribution in [2.75, 3.05) is 42.8 Å². The number of ether oxygens (including phenoxy) is 3. The smallest absolute Gasteiger partial charge is 0.258 e. The van der Waals surface area contributed by atoms with Crippen LogP contribution in [0.1, 0.15) is 39.0 Å². The van der Waals surface area contributed by atoms with Gasteiger partial charge >= 0.3 is 0 Å². The number of fused-ring (bicyclic) bond motifs is 1. The van der Waals surface area contributed by atoms with E-state index in [0.29, 0.717) is 65.4 Å². The number of aliphatic hydroxyl groups excluding tert-OH is 1. The summed E-state index contributed by atoms with van der Waals surface area (Å²) in [5.74, 6) is 1.89. The van der Waals surface area contributed by atoms with Crippen LogP contribution in [0.4, 0.5) is 23.0 Å². The first kappa shape index (κ1) is 28.1. The van der Waals surface area contributed by atoms with Gasteiger partial charge in [-0.2, -0.15) is 4.98 Å². The summed E-state index contributed by atoms with van der Waals surface area (Å²) in [6, 6.07) is 12.5. The average molecular weight is 562 g/mol. The molecule has 0 radical (unpaired) electrons. The van der Waals surface area contributed by atoms with E-state index in [-0.39, 0.29) is 11.8 Å². The van der Waals surface area contributed by atoms with Gasteiger partial charge in [0.25, 0.3) is 5.88 Å². The largest absolute Gasteiger partial charge is 0.491 e. The predicted molar refractivity (Wildman–Crippen MR) is 155 cm³/mol. The zero-order valence-corrected chi connectivity index (χ0v) is 23.8. The Morgan fingerprint density at radius 3 is 2.61 bits per heavy atom. The highest BCUT2D eigenvalue weighted by atomic mass is 16.6. The Morgan fingerprint density at radius 1 is 1.12 bits per heavy atom. The number of carbonyl (C=O) groups is 1. The molecular formula is C29H35N7O5. The van der Waals surface area contributed by atoms with E-state index in [1.165, 1.54) is 7.11 Å². The van der Waals surface area contributed by atoms with Crippen molar-refractivity contribution in [3.63, 3.8) is 0 Å². The standard InChI is InChI=1S/C29H35N7O5/c1-29(2,3)41-28(38)18-6-8-20(9-7-18)31-26(37)19-12-14-35(17-19)24-16-21(25-30-13-15-36(25)34-24)32-23-11-10-22(39-4)27(33-23)40-5/h6-11,13,15-16,19,28,38H,12,14,17H2,1-5H3,(H,31,37)(H,32,33). The summed E-state index contributed by atoms with van der Waals surface area (Å²) in [5.41, 5.74) is 2.16. The number of imidazole rings is 1.